The Morgan fingerprint density at radius 2 is 2.05 bits per heavy atom. The normalized spacial score (nSPS) is 21.7. The predicted octanol–water partition coefficient (Wildman–Crippen LogP) is 1.05. The molecule has 3 rings (SSSR count). The van der Waals surface area contributed by atoms with E-state index in [1.165, 1.54) is 12.8 Å². The Labute approximate surface area is 117 Å². The van der Waals surface area contributed by atoms with Crippen LogP contribution in [-0.2, 0) is 6.54 Å². The van der Waals surface area contributed by atoms with Crippen molar-refractivity contribution in [3.8, 4) is 0 Å². The average Bonchev–Trinajstić information content (AvgIpc) is 3.13. The van der Waals surface area contributed by atoms with Crippen LogP contribution in [0.5, 0.6) is 0 Å². The van der Waals surface area contributed by atoms with Gasteiger partial charge in [0.1, 0.15) is 10.8 Å². The molecular weight excluding hydrogens is 258 g/mol. The minimum Gasteiger partial charge on any atom is -0.383 e. The highest BCUT2D eigenvalue weighted by Crippen LogP contribution is 2.42. The number of amidine groups is 1. The smallest absolute Gasteiger partial charge is 0.135 e. The molecule has 3 N–H and O–H groups in total. The summed E-state index contributed by atoms with van der Waals surface area (Å²) in [6.45, 7) is 5.36. The highest BCUT2D eigenvalue weighted by molar-refractivity contribution is 7.13. The summed E-state index contributed by atoms with van der Waals surface area (Å²) in [5.41, 5.74) is 6.76. The van der Waals surface area contributed by atoms with Gasteiger partial charge in [0.25, 0.3) is 0 Å². The molecule has 1 aromatic heterocycles. The van der Waals surface area contributed by atoms with Gasteiger partial charge in [0.2, 0.25) is 0 Å². The number of hydrogen-bond donors (Lipinski definition) is 2. The number of nitrogen functional groups attached to an aromatic ring is 1. The third kappa shape index (κ3) is 2.96. The summed E-state index contributed by atoms with van der Waals surface area (Å²) >= 11 is 1.61. The number of thiazole rings is 1. The fourth-order valence-corrected chi connectivity index (χ4v) is 3.52. The van der Waals surface area contributed by atoms with Crippen molar-refractivity contribution in [2.24, 2.45) is 5.73 Å². The highest BCUT2D eigenvalue weighted by Gasteiger charge is 2.30. The molecule has 1 aromatic rings. The zero-order valence-corrected chi connectivity index (χ0v) is 12.2. The van der Waals surface area contributed by atoms with Crippen molar-refractivity contribution < 1.29 is 0 Å². The first-order valence-corrected chi connectivity index (χ1v) is 7.70. The number of rotatable bonds is 4. The van der Waals surface area contributed by atoms with Crippen LogP contribution in [0.2, 0.25) is 0 Å². The van der Waals surface area contributed by atoms with E-state index in [1.54, 1.807) is 11.3 Å². The number of piperazine rings is 1. The number of aromatic nitrogens is 1. The van der Waals surface area contributed by atoms with Crippen molar-refractivity contribution in [1.82, 2.24) is 14.8 Å². The quantitative estimate of drug-likeness (QED) is 0.638. The van der Waals surface area contributed by atoms with Crippen LogP contribution in [0, 0.1) is 5.41 Å². The molecule has 1 aliphatic heterocycles. The number of nitrogens with one attached hydrogen (secondary N) is 1. The van der Waals surface area contributed by atoms with Gasteiger partial charge < -0.3 is 10.6 Å². The van der Waals surface area contributed by atoms with Crippen LogP contribution in [0.3, 0.4) is 0 Å². The van der Waals surface area contributed by atoms with Gasteiger partial charge >= 0.3 is 0 Å². The molecule has 0 spiro atoms. The fourth-order valence-electron chi connectivity index (χ4n) is 2.47. The summed E-state index contributed by atoms with van der Waals surface area (Å²) in [5, 5.41) is 8.81. The summed E-state index contributed by atoms with van der Waals surface area (Å²) in [6.07, 6.45) is 2.41. The average molecular weight is 279 g/mol. The maximum absolute atomic E-state index is 7.68. The van der Waals surface area contributed by atoms with Crippen LogP contribution in [0.15, 0.2) is 0 Å². The molecule has 1 saturated carbocycles. The van der Waals surface area contributed by atoms with Crippen molar-refractivity contribution >= 4 is 17.2 Å². The number of likely N-dealkylation sites (N-methyl/N-ethyl adjacent to an activating group) is 1. The van der Waals surface area contributed by atoms with Gasteiger partial charge in [0.05, 0.1) is 17.1 Å². The van der Waals surface area contributed by atoms with Crippen LogP contribution < -0.4 is 5.73 Å². The molecule has 2 heterocycles. The Morgan fingerprint density at radius 3 is 2.63 bits per heavy atom. The summed E-state index contributed by atoms with van der Waals surface area (Å²) in [4.78, 5) is 10.5. The Hall–Kier alpha value is -0.980. The number of nitrogens with two attached hydrogens (primary N) is 1. The zero-order chi connectivity index (χ0) is 13.4. The van der Waals surface area contributed by atoms with Crippen LogP contribution in [0.1, 0.15) is 34.3 Å². The second-order valence-electron chi connectivity index (χ2n) is 5.59. The molecule has 6 heteroatoms. The van der Waals surface area contributed by atoms with E-state index in [0.717, 1.165) is 48.3 Å². The minimum absolute atomic E-state index is 0.184. The van der Waals surface area contributed by atoms with Crippen LogP contribution in [-0.4, -0.2) is 53.8 Å². The van der Waals surface area contributed by atoms with Crippen molar-refractivity contribution in [3.05, 3.63) is 15.6 Å². The third-order valence-electron chi connectivity index (χ3n) is 3.86. The molecule has 0 aromatic carbocycles. The van der Waals surface area contributed by atoms with Crippen LogP contribution >= 0.6 is 11.3 Å². The van der Waals surface area contributed by atoms with E-state index < -0.39 is 0 Å². The monoisotopic (exact) mass is 279 g/mol. The number of nitrogens with zero attached hydrogens (tertiary/aromatic N) is 3. The molecule has 2 aliphatic rings. The first kappa shape index (κ1) is 13.0. The topological polar surface area (TPSA) is 69.2 Å². The maximum Gasteiger partial charge on any atom is 0.135 e. The molecular formula is C13H21N5S. The van der Waals surface area contributed by atoms with Crippen molar-refractivity contribution in [2.45, 2.75) is 25.3 Å². The van der Waals surface area contributed by atoms with E-state index in [2.05, 4.69) is 16.8 Å². The van der Waals surface area contributed by atoms with Gasteiger partial charge in [-0.2, -0.15) is 0 Å². The largest absolute Gasteiger partial charge is 0.383 e. The van der Waals surface area contributed by atoms with E-state index in [-0.39, 0.29) is 5.84 Å². The van der Waals surface area contributed by atoms with Crippen LogP contribution in [0.25, 0.3) is 0 Å². The molecule has 0 radical (unpaired) electrons. The first-order valence-electron chi connectivity index (χ1n) is 6.88. The lowest BCUT2D eigenvalue weighted by Crippen LogP contribution is -2.43. The molecule has 2 fully saturated rings. The first-order chi connectivity index (χ1) is 9.13. The molecule has 0 unspecified atom stereocenters. The van der Waals surface area contributed by atoms with Crippen molar-refractivity contribution in [3.63, 3.8) is 0 Å². The Kier molecular flexibility index (Phi) is 3.56. The van der Waals surface area contributed by atoms with E-state index >= 15 is 0 Å². The van der Waals surface area contributed by atoms with Gasteiger partial charge in [-0.3, -0.25) is 10.3 Å². The zero-order valence-electron chi connectivity index (χ0n) is 11.4. The molecule has 0 atom stereocenters. The highest BCUT2D eigenvalue weighted by atomic mass is 32.1. The van der Waals surface area contributed by atoms with Gasteiger partial charge in [-0.05, 0) is 19.9 Å². The predicted molar refractivity (Wildman–Crippen MR) is 77.9 cm³/mol. The molecule has 0 amide bonds. The summed E-state index contributed by atoms with van der Waals surface area (Å²) in [7, 11) is 2.17. The SMILES string of the molecule is CN1CCN(Cc2nc(C3CC3)c(C(=N)N)s2)CC1. The lowest BCUT2D eigenvalue weighted by atomic mass is 10.2. The Morgan fingerprint density at radius 1 is 1.37 bits per heavy atom. The molecule has 1 aliphatic carbocycles. The van der Waals surface area contributed by atoms with Gasteiger partial charge in [-0.1, -0.05) is 0 Å². The van der Waals surface area contributed by atoms with Gasteiger partial charge in [0, 0.05) is 32.1 Å². The van der Waals surface area contributed by atoms with Gasteiger partial charge in [0.15, 0.2) is 0 Å². The second kappa shape index (κ2) is 5.19. The van der Waals surface area contributed by atoms with Crippen molar-refractivity contribution in [2.75, 3.05) is 33.2 Å². The fraction of sp³-hybridized carbons (Fsp3) is 0.692. The summed E-state index contributed by atoms with van der Waals surface area (Å²) in [6, 6.07) is 0. The van der Waals surface area contributed by atoms with Gasteiger partial charge in [-0.15, -0.1) is 11.3 Å². The second-order valence-corrected chi connectivity index (χ2v) is 6.67. The molecule has 0 bridgehead atoms. The lowest BCUT2D eigenvalue weighted by Gasteiger charge is -2.31. The Balaban J connectivity index is 1.70. The lowest BCUT2D eigenvalue weighted by molar-refractivity contribution is 0.148. The molecule has 19 heavy (non-hydrogen) atoms. The van der Waals surface area contributed by atoms with E-state index in [9.17, 15) is 0 Å². The Bertz CT molecular complexity index is 471. The van der Waals surface area contributed by atoms with E-state index in [4.69, 9.17) is 16.1 Å². The maximum atomic E-state index is 7.68. The summed E-state index contributed by atoms with van der Waals surface area (Å²) in [5.74, 6) is 0.750. The summed E-state index contributed by atoms with van der Waals surface area (Å²) < 4.78 is 0. The molecule has 1 saturated heterocycles. The number of hydrogen-bond acceptors (Lipinski definition) is 5. The van der Waals surface area contributed by atoms with Gasteiger partial charge in [-0.25, -0.2) is 4.98 Å². The van der Waals surface area contributed by atoms with Crippen LogP contribution in [0.4, 0.5) is 0 Å². The third-order valence-corrected chi connectivity index (χ3v) is 4.95. The van der Waals surface area contributed by atoms with Crippen molar-refractivity contribution in [1.29, 1.82) is 5.41 Å². The standard InChI is InChI=1S/C13H21N5S/c1-17-4-6-18(7-5-17)8-10-16-11(9-2-3-9)12(19-10)13(14)15/h9H,2-8H2,1H3,(H3,14,15). The van der Waals surface area contributed by atoms with E-state index in [1.807, 2.05) is 0 Å². The molecule has 104 valence electrons. The molecule has 5 nitrogen and oxygen atoms in total. The minimum atomic E-state index is 0.184. The van der Waals surface area contributed by atoms with E-state index in [0.29, 0.717) is 5.92 Å².